The lowest BCUT2D eigenvalue weighted by Crippen LogP contribution is -2.25. The van der Waals surface area contributed by atoms with Gasteiger partial charge in [0, 0.05) is 25.2 Å². The molecule has 0 amide bonds. The molecule has 2 aromatic rings. The van der Waals surface area contributed by atoms with E-state index in [1.807, 2.05) is 6.07 Å². The summed E-state index contributed by atoms with van der Waals surface area (Å²) in [7, 11) is 0. The number of nitrogens with one attached hydrogen (secondary N) is 2. The maximum atomic E-state index is 4.30. The van der Waals surface area contributed by atoms with Gasteiger partial charge in [0.15, 0.2) is 0 Å². The van der Waals surface area contributed by atoms with Crippen molar-refractivity contribution in [2.75, 3.05) is 0 Å². The first-order valence-electron chi connectivity index (χ1n) is 6.43. The number of aromatic nitrogens is 5. The van der Waals surface area contributed by atoms with E-state index in [2.05, 4.69) is 44.1 Å². The molecule has 0 aliphatic carbocycles. The van der Waals surface area contributed by atoms with Crippen LogP contribution in [0.3, 0.4) is 0 Å². The predicted octanol–water partition coefficient (Wildman–Crippen LogP) is 1.36. The average molecular weight is 246 g/mol. The topological polar surface area (TPSA) is 71.4 Å². The molecule has 1 aliphatic rings. The minimum atomic E-state index is 0.183. The Morgan fingerprint density at radius 3 is 3.00 bits per heavy atom. The number of aryl methyl sites for hydroxylation is 1. The molecule has 96 valence electrons. The van der Waals surface area contributed by atoms with Gasteiger partial charge in [0.1, 0.15) is 11.6 Å². The maximum Gasteiger partial charge on any atom is 0.149 e. The van der Waals surface area contributed by atoms with Gasteiger partial charge in [-0.25, -0.2) is 0 Å². The molecule has 0 aromatic carbocycles. The van der Waals surface area contributed by atoms with Crippen LogP contribution in [0, 0.1) is 0 Å². The zero-order valence-corrected chi connectivity index (χ0v) is 10.7. The molecule has 0 saturated carbocycles. The zero-order chi connectivity index (χ0) is 12.5. The molecule has 2 atom stereocenters. The molecule has 0 radical (unpaired) electrons. The number of hydrogen-bond acceptors (Lipinski definition) is 4. The molecule has 18 heavy (non-hydrogen) atoms. The second-order valence-electron chi connectivity index (χ2n) is 4.85. The molecule has 3 rings (SSSR count). The standard InChI is InChI=1S/C12H18N6/c1-8(10-5-6-13-15-10)14-9(2)12-17-16-11-4-3-7-18(11)12/h5-6,8-9,14H,3-4,7H2,1-2H3,(H,13,15). The smallest absolute Gasteiger partial charge is 0.149 e. The van der Waals surface area contributed by atoms with Crippen molar-refractivity contribution < 1.29 is 0 Å². The highest BCUT2D eigenvalue weighted by Gasteiger charge is 2.22. The molecule has 6 nitrogen and oxygen atoms in total. The molecule has 0 bridgehead atoms. The van der Waals surface area contributed by atoms with Crippen LogP contribution in [0.15, 0.2) is 12.3 Å². The van der Waals surface area contributed by atoms with Crippen LogP contribution >= 0.6 is 0 Å². The summed E-state index contributed by atoms with van der Waals surface area (Å²) in [6, 6.07) is 2.39. The van der Waals surface area contributed by atoms with Crippen LogP contribution in [0.25, 0.3) is 0 Å². The van der Waals surface area contributed by atoms with Gasteiger partial charge < -0.3 is 4.57 Å². The minimum absolute atomic E-state index is 0.183. The molecule has 0 fully saturated rings. The number of aromatic amines is 1. The monoisotopic (exact) mass is 246 g/mol. The Morgan fingerprint density at radius 1 is 1.33 bits per heavy atom. The highest BCUT2D eigenvalue weighted by molar-refractivity contribution is 5.07. The van der Waals surface area contributed by atoms with Gasteiger partial charge in [-0.3, -0.25) is 10.4 Å². The number of H-pyrrole nitrogens is 1. The molecule has 3 heterocycles. The lowest BCUT2D eigenvalue weighted by atomic mass is 10.2. The van der Waals surface area contributed by atoms with E-state index in [0.29, 0.717) is 0 Å². The van der Waals surface area contributed by atoms with E-state index in [4.69, 9.17) is 0 Å². The SMILES string of the molecule is CC(NC(C)c1nnc2n1CCC2)c1ccn[nH]1. The number of rotatable bonds is 4. The van der Waals surface area contributed by atoms with Crippen LogP contribution in [-0.4, -0.2) is 25.0 Å². The van der Waals surface area contributed by atoms with Gasteiger partial charge in [-0.05, 0) is 26.3 Å². The Balaban J connectivity index is 1.73. The van der Waals surface area contributed by atoms with E-state index in [-0.39, 0.29) is 12.1 Å². The number of hydrogen-bond donors (Lipinski definition) is 2. The summed E-state index contributed by atoms with van der Waals surface area (Å²) in [4.78, 5) is 0. The van der Waals surface area contributed by atoms with Crippen LogP contribution in [-0.2, 0) is 13.0 Å². The first-order chi connectivity index (χ1) is 8.75. The van der Waals surface area contributed by atoms with Crippen molar-refractivity contribution in [3.63, 3.8) is 0 Å². The summed E-state index contributed by atoms with van der Waals surface area (Å²) in [6.07, 6.45) is 4.00. The van der Waals surface area contributed by atoms with Crippen molar-refractivity contribution in [3.05, 3.63) is 29.6 Å². The van der Waals surface area contributed by atoms with E-state index in [0.717, 1.165) is 30.3 Å². The third-order valence-corrected chi connectivity index (χ3v) is 3.51. The fourth-order valence-corrected chi connectivity index (χ4v) is 2.54. The Kier molecular flexibility index (Phi) is 2.87. The quantitative estimate of drug-likeness (QED) is 0.854. The highest BCUT2D eigenvalue weighted by Crippen LogP contribution is 2.21. The largest absolute Gasteiger partial charge is 0.314 e. The summed E-state index contributed by atoms with van der Waals surface area (Å²) < 4.78 is 2.23. The van der Waals surface area contributed by atoms with Crippen LogP contribution in [0.2, 0.25) is 0 Å². The summed E-state index contributed by atoms with van der Waals surface area (Å²) in [5.41, 5.74) is 1.09. The molecular formula is C12H18N6. The Labute approximate surface area is 106 Å². The molecule has 1 aliphatic heterocycles. The van der Waals surface area contributed by atoms with Gasteiger partial charge in [0.25, 0.3) is 0 Å². The third-order valence-electron chi connectivity index (χ3n) is 3.51. The number of nitrogens with zero attached hydrogens (tertiary/aromatic N) is 4. The van der Waals surface area contributed by atoms with E-state index in [9.17, 15) is 0 Å². The van der Waals surface area contributed by atoms with Crippen molar-refractivity contribution in [2.24, 2.45) is 0 Å². The van der Waals surface area contributed by atoms with Gasteiger partial charge in [-0.15, -0.1) is 10.2 Å². The molecule has 0 spiro atoms. The molecule has 2 unspecified atom stereocenters. The fraction of sp³-hybridized carbons (Fsp3) is 0.583. The van der Waals surface area contributed by atoms with Crippen molar-refractivity contribution in [1.29, 1.82) is 0 Å². The van der Waals surface area contributed by atoms with Crippen LogP contribution in [0.4, 0.5) is 0 Å². The first kappa shape index (κ1) is 11.4. The van der Waals surface area contributed by atoms with Gasteiger partial charge in [0.2, 0.25) is 0 Å². The summed E-state index contributed by atoms with van der Waals surface area (Å²) >= 11 is 0. The fourth-order valence-electron chi connectivity index (χ4n) is 2.54. The van der Waals surface area contributed by atoms with Crippen molar-refractivity contribution in [1.82, 2.24) is 30.3 Å². The van der Waals surface area contributed by atoms with E-state index >= 15 is 0 Å². The predicted molar refractivity (Wildman–Crippen MR) is 66.9 cm³/mol. The van der Waals surface area contributed by atoms with Crippen molar-refractivity contribution in [3.8, 4) is 0 Å². The summed E-state index contributed by atoms with van der Waals surface area (Å²) in [5, 5.41) is 19.0. The third kappa shape index (κ3) is 1.92. The first-order valence-corrected chi connectivity index (χ1v) is 6.43. The molecule has 2 aromatic heterocycles. The highest BCUT2D eigenvalue weighted by atomic mass is 15.3. The van der Waals surface area contributed by atoms with E-state index < -0.39 is 0 Å². The van der Waals surface area contributed by atoms with Crippen LogP contribution in [0.1, 0.15) is 49.7 Å². The second-order valence-corrected chi connectivity index (χ2v) is 4.85. The van der Waals surface area contributed by atoms with Gasteiger partial charge in [0.05, 0.1) is 11.7 Å². The normalized spacial score (nSPS) is 17.7. The maximum absolute atomic E-state index is 4.30. The van der Waals surface area contributed by atoms with Gasteiger partial charge >= 0.3 is 0 Å². The van der Waals surface area contributed by atoms with Gasteiger partial charge in [-0.2, -0.15) is 5.10 Å². The van der Waals surface area contributed by atoms with Crippen molar-refractivity contribution in [2.45, 2.75) is 45.3 Å². The van der Waals surface area contributed by atoms with Crippen molar-refractivity contribution >= 4 is 0 Å². The lowest BCUT2D eigenvalue weighted by Gasteiger charge is -2.18. The zero-order valence-electron chi connectivity index (χ0n) is 10.7. The molecule has 6 heteroatoms. The van der Waals surface area contributed by atoms with Crippen LogP contribution < -0.4 is 5.32 Å². The molecular weight excluding hydrogens is 228 g/mol. The van der Waals surface area contributed by atoms with Crippen LogP contribution in [0.5, 0.6) is 0 Å². The summed E-state index contributed by atoms with van der Waals surface area (Å²) in [6.45, 7) is 5.29. The Hall–Kier alpha value is -1.69. The van der Waals surface area contributed by atoms with Gasteiger partial charge in [-0.1, -0.05) is 0 Å². The lowest BCUT2D eigenvalue weighted by molar-refractivity contribution is 0.453. The van der Waals surface area contributed by atoms with E-state index in [1.165, 1.54) is 6.42 Å². The Bertz CT molecular complexity index is 515. The number of fused-ring (bicyclic) bond motifs is 1. The summed E-state index contributed by atoms with van der Waals surface area (Å²) in [5.74, 6) is 2.15. The molecule has 0 saturated heterocycles. The molecule has 2 N–H and O–H groups in total. The van der Waals surface area contributed by atoms with E-state index in [1.54, 1.807) is 6.20 Å². The Morgan fingerprint density at radius 2 is 2.22 bits per heavy atom. The average Bonchev–Trinajstić information content (AvgIpc) is 3.06. The second kappa shape index (κ2) is 4.53. The minimum Gasteiger partial charge on any atom is -0.314 e.